The van der Waals surface area contributed by atoms with Crippen molar-refractivity contribution < 1.29 is 12.8 Å². The zero-order chi connectivity index (χ0) is 14.6. The fourth-order valence-corrected chi connectivity index (χ4v) is 3.17. The van der Waals surface area contributed by atoms with Crippen LogP contribution < -0.4 is 5.73 Å². The third kappa shape index (κ3) is 4.04. The molecule has 7 heteroatoms. The SMILES string of the molecule is Cc1oc(CN)cc1S(=O)(=O)N(C)CCCN(C)C. The van der Waals surface area contributed by atoms with Crippen molar-refractivity contribution >= 4 is 10.0 Å². The monoisotopic (exact) mass is 289 g/mol. The Morgan fingerprint density at radius 1 is 1.26 bits per heavy atom. The molecule has 6 nitrogen and oxygen atoms in total. The molecule has 0 fully saturated rings. The maximum atomic E-state index is 12.4. The standard InChI is InChI=1S/C12H23N3O3S/c1-10-12(8-11(9-13)18-10)19(16,17)15(4)7-5-6-14(2)3/h8H,5-7,9,13H2,1-4H3. The molecule has 0 bridgehead atoms. The third-order valence-electron chi connectivity index (χ3n) is 2.89. The van der Waals surface area contributed by atoms with Gasteiger partial charge in [0.15, 0.2) is 0 Å². The predicted molar refractivity (Wildman–Crippen MR) is 74.3 cm³/mol. The number of aryl methyl sites for hydroxylation is 1. The van der Waals surface area contributed by atoms with Crippen LogP contribution >= 0.6 is 0 Å². The van der Waals surface area contributed by atoms with Crippen molar-refractivity contribution in [2.24, 2.45) is 5.73 Å². The van der Waals surface area contributed by atoms with Crippen LogP contribution in [-0.4, -0.2) is 51.9 Å². The first-order valence-electron chi connectivity index (χ1n) is 6.19. The minimum atomic E-state index is -3.49. The summed E-state index contributed by atoms with van der Waals surface area (Å²) in [4.78, 5) is 2.23. The average Bonchev–Trinajstić information content (AvgIpc) is 2.70. The predicted octanol–water partition coefficient (Wildman–Crippen LogP) is 0.619. The second-order valence-electron chi connectivity index (χ2n) is 4.82. The lowest BCUT2D eigenvalue weighted by Gasteiger charge is -2.17. The molecule has 1 rings (SSSR count). The smallest absolute Gasteiger partial charge is 0.246 e. The van der Waals surface area contributed by atoms with Crippen molar-refractivity contribution in [2.75, 3.05) is 34.2 Å². The molecule has 2 N–H and O–H groups in total. The van der Waals surface area contributed by atoms with Crippen LogP contribution in [-0.2, 0) is 16.6 Å². The van der Waals surface area contributed by atoms with E-state index in [1.807, 2.05) is 19.0 Å². The number of rotatable bonds is 7. The first kappa shape index (κ1) is 16.2. The summed E-state index contributed by atoms with van der Waals surface area (Å²) in [5, 5.41) is 0. The summed E-state index contributed by atoms with van der Waals surface area (Å²) in [6.45, 7) is 3.15. The van der Waals surface area contributed by atoms with E-state index >= 15 is 0 Å². The zero-order valence-corrected chi connectivity index (χ0v) is 12.8. The molecule has 1 aromatic heterocycles. The Kier molecular flexibility index (Phi) is 5.54. The molecule has 0 aliphatic carbocycles. The van der Waals surface area contributed by atoms with Gasteiger partial charge in [-0.05, 0) is 34.0 Å². The summed E-state index contributed by atoms with van der Waals surface area (Å²) >= 11 is 0. The molecule has 0 saturated carbocycles. The maximum Gasteiger partial charge on any atom is 0.246 e. The first-order valence-corrected chi connectivity index (χ1v) is 7.63. The van der Waals surface area contributed by atoms with Gasteiger partial charge >= 0.3 is 0 Å². The third-order valence-corrected chi connectivity index (χ3v) is 4.86. The van der Waals surface area contributed by atoms with E-state index in [1.54, 1.807) is 14.0 Å². The van der Waals surface area contributed by atoms with Gasteiger partial charge in [0.25, 0.3) is 0 Å². The van der Waals surface area contributed by atoms with E-state index in [0.29, 0.717) is 18.1 Å². The molecule has 0 aliphatic rings. The summed E-state index contributed by atoms with van der Waals surface area (Å²) in [5.74, 6) is 0.873. The Bertz CT molecular complexity index is 508. The van der Waals surface area contributed by atoms with E-state index in [-0.39, 0.29) is 11.4 Å². The van der Waals surface area contributed by atoms with Gasteiger partial charge in [-0.3, -0.25) is 0 Å². The zero-order valence-electron chi connectivity index (χ0n) is 12.0. The van der Waals surface area contributed by atoms with E-state index < -0.39 is 10.0 Å². The van der Waals surface area contributed by atoms with Crippen molar-refractivity contribution in [3.63, 3.8) is 0 Å². The van der Waals surface area contributed by atoms with E-state index in [2.05, 4.69) is 0 Å². The largest absolute Gasteiger partial charge is 0.464 e. The van der Waals surface area contributed by atoms with Gasteiger partial charge in [-0.25, -0.2) is 12.7 Å². The van der Waals surface area contributed by atoms with Crippen molar-refractivity contribution in [1.29, 1.82) is 0 Å². The van der Waals surface area contributed by atoms with Gasteiger partial charge in [0.05, 0.1) is 6.54 Å². The number of furan rings is 1. The van der Waals surface area contributed by atoms with Crippen LogP contribution in [0.4, 0.5) is 0 Å². The van der Waals surface area contributed by atoms with Crippen LogP contribution in [0.1, 0.15) is 17.9 Å². The fourth-order valence-electron chi connectivity index (χ4n) is 1.78. The highest BCUT2D eigenvalue weighted by Crippen LogP contribution is 2.22. The second-order valence-corrected chi connectivity index (χ2v) is 6.83. The molecule has 0 radical (unpaired) electrons. The highest BCUT2D eigenvalue weighted by molar-refractivity contribution is 7.89. The molecular weight excluding hydrogens is 266 g/mol. The molecule has 0 unspecified atom stereocenters. The van der Waals surface area contributed by atoms with E-state index in [9.17, 15) is 8.42 Å². The molecule has 19 heavy (non-hydrogen) atoms. The van der Waals surface area contributed by atoms with E-state index in [0.717, 1.165) is 13.0 Å². The number of hydrogen-bond acceptors (Lipinski definition) is 5. The number of nitrogens with two attached hydrogens (primary N) is 1. The van der Waals surface area contributed by atoms with Gasteiger partial charge in [-0.2, -0.15) is 0 Å². The molecule has 0 spiro atoms. The van der Waals surface area contributed by atoms with Gasteiger partial charge in [-0.1, -0.05) is 0 Å². The number of sulfonamides is 1. The minimum absolute atomic E-state index is 0.195. The number of nitrogens with zero attached hydrogens (tertiary/aromatic N) is 2. The minimum Gasteiger partial charge on any atom is -0.464 e. The maximum absolute atomic E-state index is 12.4. The summed E-state index contributed by atoms with van der Waals surface area (Å²) in [6.07, 6.45) is 0.781. The highest BCUT2D eigenvalue weighted by Gasteiger charge is 2.25. The summed E-state index contributed by atoms with van der Waals surface area (Å²) in [5.41, 5.74) is 5.46. The Balaban J connectivity index is 2.81. The van der Waals surface area contributed by atoms with E-state index in [1.165, 1.54) is 10.4 Å². The molecule has 0 aliphatic heterocycles. The second kappa shape index (κ2) is 6.51. The molecule has 0 amide bonds. The quantitative estimate of drug-likeness (QED) is 0.796. The normalized spacial score (nSPS) is 12.6. The Labute approximate surface area is 115 Å². The van der Waals surface area contributed by atoms with Gasteiger partial charge in [0.1, 0.15) is 16.4 Å². The average molecular weight is 289 g/mol. The lowest BCUT2D eigenvalue weighted by Crippen LogP contribution is -2.30. The molecule has 1 heterocycles. The van der Waals surface area contributed by atoms with Crippen molar-refractivity contribution in [1.82, 2.24) is 9.21 Å². The lowest BCUT2D eigenvalue weighted by molar-refractivity contribution is 0.370. The Morgan fingerprint density at radius 3 is 2.37 bits per heavy atom. The van der Waals surface area contributed by atoms with Crippen LogP contribution in [0.2, 0.25) is 0 Å². The molecule has 0 saturated heterocycles. The Hall–Kier alpha value is -0.890. The summed E-state index contributed by atoms with van der Waals surface area (Å²) in [7, 11) is 2.01. The Morgan fingerprint density at radius 2 is 1.89 bits per heavy atom. The molecule has 110 valence electrons. The molecule has 1 aromatic rings. The summed E-state index contributed by atoms with van der Waals surface area (Å²) in [6, 6.07) is 1.51. The lowest BCUT2D eigenvalue weighted by atomic mass is 10.4. The van der Waals surface area contributed by atoms with Crippen molar-refractivity contribution in [3.05, 3.63) is 17.6 Å². The molecule has 0 aromatic carbocycles. The van der Waals surface area contributed by atoms with Crippen molar-refractivity contribution in [3.8, 4) is 0 Å². The van der Waals surface area contributed by atoms with Gasteiger partial charge in [-0.15, -0.1) is 0 Å². The van der Waals surface area contributed by atoms with Gasteiger partial charge in [0, 0.05) is 19.7 Å². The molecule has 0 atom stereocenters. The van der Waals surface area contributed by atoms with Crippen LogP contribution in [0.3, 0.4) is 0 Å². The highest BCUT2D eigenvalue weighted by atomic mass is 32.2. The fraction of sp³-hybridized carbons (Fsp3) is 0.667. The van der Waals surface area contributed by atoms with Crippen molar-refractivity contribution in [2.45, 2.75) is 24.8 Å². The van der Waals surface area contributed by atoms with Gasteiger partial charge in [0.2, 0.25) is 10.0 Å². The van der Waals surface area contributed by atoms with Crippen LogP contribution in [0.25, 0.3) is 0 Å². The first-order chi connectivity index (χ1) is 8.78. The summed E-state index contributed by atoms with van der Waals surface area (Å²) < 4.78 is 31.4. The van der Waals surface area contributed by atoms with E-state index in [4.69, 9.17) is 10.2 Å². The topological polar surface area (TPSA) is 79.8 Å². The van der Waals surface area contributed by atoms with Crippen LogP contribution in [0, 0.1) is 6.92 Å². The van der Waals surface area contributed by atoms with Crippen LogP contribution in [0.15, 0.2) is 15.4 Å². The number of hydrogen-bond donors (Lipinski definition) is 1. The van der Waals surface area contributed by atoms with Crippen LogP contribution in [0.5, 0.6) is 0 Å². The molecular formula is C12H23N3O3S. The van der Waals surface area contributed by atoms with Gasteiger partial charge < -0.3 is 15.1 Å².